The first-order chi connectivity index (χ1) is 8.75. The molecule has 2 aromatic heterocycles. The van der Waals surface area contributed by atoms with Crippen molar-refractivity contribution in [3.8, 4) is 0 Å². The third-order valence-electron chi connectivity index (χ3n) is 2.73. The zero-order valence-electron chi connectivity index (χ0n) is 9.75. The zero-order valence-corrected chi connectivity index (χ0v) is 9.75. The Labute approximate surface area is 103 Å². The normalized spacial score (nSPS) is 10.7. The summed E-state index contributed by atoms with van der Waals surface area (Å²) in [4.78, 5) is 20.0. The lowest BCUT2D eigenvalue weighted by Gasteiger charge is -1.94. The van der Waals surface area contributed by atoms with E-state index < -0.39 is 0 Å². The van der Waals surface area contributed by atoms with E-state index in [1.807, 2.05) is 25.1 Å². The molecule has 18 heavy (non-hydrogen) atoms. The van der Waals surface area contributed by atoms with E-state index in [9.17, 15) is 4.79 Å². The molecule has 0 aliphatic heterocycles. The van der Waals surface area contributed by atoms with E-state index in [-0.39, 0.29) is 17.4 Å². The molecule has 0 N–H and O–H groups in total. The van der Waals surface area contributed by atoms with Crippen LogP contribution in [0.4, 0.5) is 0 Å². The molecule has 2 heterocycles. The number of furan rings is 1. The van der Waals surface area contributed by atoms with Crippen LogP contribution < -0.4 is 0 Å². The number of hydrogen-bond donors (Lipinski definition) is 0. The molecule has 0 atom stereocenters. The van der Waals surface area contributed by atoms with Crippen LogP contribution in [0.3, 0.4) is 0 Å². The number of carbonyl (C=O) groups excluding carboxylic acids is 1. The third kappa shape index (κ3) is 1.68. The molecule has 88 valence electrons. The lowest BCUT2D eigenvalue weighted by atomic mass is 10.2. The van der Waals surface area contributed by atoms with Gasteiger partial charge in [0.1, 0.15) is 5.58 Å². The maximum atomic E-state index is 12.1. The molecule has 0 saturated carbocycles. The van der Waals surface area contributed by atoms with Crippen molar-refractivity contribution in [1.82, 2.24) is 9.97 Å². The number of benzene rings is 1. The molecule has 0 fully saturated rings. The molecule has 0 aliphatic rings. The number of fused-ring (bicyclic) bond motifs is 1. The van der Waals surface area contributed by atoms with Gasteiger partial charge in [-0.1, -0.05) is 18.2 Å². The van der Waals surface area contributed by atoms with E-state index in [4.69, 9.17) is 4.42 Å². The van der Waals surface area contributed by atoms with Crippen molar-refractivity contribution in [3.63, 3.8) is 0 Å². The Bertz CT molecular complexity index is 717. The van der Waals surface area contributed by atoms with Gasteiger partial charge in [-0.15, -0.1) is 0 Å². The molecular formula is C14H10N2O2. The average molecular weight is 238 g/mol. The summed E-state index contributed by atoms with van der Waals surface area (Å²) in [6, 6.07) is 9.18. The Balaban J connectivity index is 2.10. The van der Waals surface area contributed by atoms with Crippen molar-refractivity contribution in [2.24, 2.45) is 0 Å². The second-order valence-electron chi connectivity index (χ2n) is 4.01. The van der Waals surface area contributed by atoms with Crippen molar-refractivity contribution in [3.05, 3.63) is 59.9 Å². The largest absolute Gasteiger partial charge is 0.452 e. The SMILES string of the molecule is Cc1cccc2cc(C(=O)c3ncccn3)oc12. The highest BCUT2D eigenvalue weighted by Gasteiger charge is 2.17. The van der Waals surface area contributed by atoms with E-state index in [1.165, 1.54) is 12.4 Å². The fourth-order valence-corrected chi connectivity index (χ4v) is 1.85. The lowest BCUT2D eigenvalue weighted by Crippen LogP contribution is -2.04. The maximum absolute atomic E-state index is 12.1. The van der Waals surface area contributed by atoms with E-state index in [1.54, 1.807) is 12.1 Å². The smallest absolute Gasteiger partial charge is 0.265 e. The summed E-state index contributed by atoms with van der Waals surface area (Å²) in [6.07, 6.45) is 3.07. The molecule has 0 unspecified atom stereocenters. The van der Waals surface area contributed by atoms with Gasteiger partial charge in [-0.05, 0) is 24.6 Å². The summed E-state index contributed by atoms with van der Waals surface area (Å²) in [5.41, 5.74) is 1.73. The summed E-state index contributed by atoms with van der Waals surface area (Å²) >= 11 is 0. The molecule has 0 aliphatic carbocycles. The molecule has 0 radical (unpaired) electrons. The van der Waals surface area contributed by atoms with Gasteiger partial charge in [-0.3, -0.25) is 4.79 Å². The molecule has 0 spiro atoms. The van der Waals surface area contributed by atoms with Crippen LogP contribution in [0.5, 0.6) is 0 Å². The van der Waals surface area contributed by atoms with Crippen LogP contribution in [-0.4, -0.2) is 15.8 Å². The van der Waals surface area contributed by atoms with Crippen molar-refractivity contribution in [1.29, 1.82) is 0 Å². The van der Waals surface area contributed by atoms with Gasteiger partial charge in [-0.2, -0.15) is 0 Å². The van der Waals surface area contributed by atoms with Gasteiger partial charge < -0.3 is 4.42 Å². The van der Waals surface area contributed by atoms with Gasteiger partial charge in [-0.25, -0.2) is 9.97 Å². The number of ketones is 1. The molecule has 0 bridgehead atoms. The Hall–Kier alpha value is -2.49. The fraction of sp³-hybridized carbons (Fsp3) is 0.0714. The molecule has 3 aromatic rings. The fourth-order valence-electron chi connectivity index (χ4n) is 1.85. The highest BCUT2D eigenvalue weighted by atomic mass is 16.3. The van der Waals surface area contributed by atoms with Gasteiger partial charge in [0.15, 0.2) is 5.76 Å². The predicted molar refractivity (Wildman–Crippen MR) is 66.4 cm³/mol. The first kappa shape index (κ1) is 10.7. The van der Waals surface area contributed by atoms with Crippen molar-refractivity contribution in [2.45, 2.75) is 6.92 Å². The number of hydrogen-bond acceptors (Lipinski definition) is 4. The van der Waals surface area contributed by atoms with E-state index in [0.717, 1.165) is 16.5 Å². The van der Waals surface area contributed by atoms with Gasteiger partial charge in [0.2, 0.25) is 5.82 Å². The molecule has 4 nitrogen and oxygen atoms in total. The van der Waals surface area contributed by atoms with Gasteiger partial charge in [0, 0.05) is 17.8 Å². The van der Waals surface area contributed by atoms with E-state index in [0.29, 0.717) is 0 Å². The zero-order chi connectivity index (χ0) is 12.5. The van der Waals surface area contributed by atoms with Crippen LogP contribution in [-0.2, 0) is 0 Å². The van der Waals surface area contributed by atoms with Crippen LogP contribution in [0.2, 0.25) is 0 Å². The predicted octanol–water partition coefficient (Wildman–Crippen LogP) is 2.76. The minimum absolute atomic E-state index is 0.147. The second-order valence-corrected chi connectivity index (χ2v) is 4.01. The summed E-state index contributed by atoms with van der Waals surface area (Å²) in [5, 5.41) is 0.911. The molecular weight excluding hydrogens is 228 g/mol. The van der Waals surface area contributed by atoms with Gasteiger partial charge in [0.25, 0.3) is 5.78 Å². The minimum Gasteiger partial charge on any atom is -0.452 e. The van der Waals surface area contributed by atoms with Crippen molar-refractivity contribution >= 4 is 16.8 Å². The topological polar surface area (TPSA) is 56.0 Å². The third-order valence-corrected chi connectivity index (χ3v) is 2.73. The number of rotatable bonds is 2. The Morgan fingerprint density at radius 1 is 1.17 bits per heavy atom. The summed E-state index contributed by atoms with van der Waals surface area (Å²) in [7, 11) is 0. The quantitative estimate of drug-likeness (QED) is 0.644. The van der Waals surface area contributed by atoms with Crippen molar-refractivity contribution in [2.75, 3.05) is 0 Å². The standard InChI is InChI=1S/C14H10N2O2/c1-9-4-2-5-10-8-11(18-13(9)10)12(17)14-15-6-3-7-16-14/h2-8H,1H3. The number of aromatic nitrogens is 2. The molecule has 0 amide bonds. The number of nitrogens with zero attached hydrogens (tertiary/aromatic N) is 2. The van der Waals surface area contributed by atoms with E-state index in [2.05, 4.69) is 9.97 Å². The van der Waals surface area contributed by atoms with Crippen LogP contribution in [0.15, 0.2) is 47.1 Å². The summed E-state index contributed by atoms with van der Waals surface area (Å²) in [5.74, 6) is 0.117. The second kappa shape index (κ2) is 4.07. The number of carbonyl (C=O) groups is 1. The first-order valence-corrected chi connectivity index (χ1v) is 5.56. The van der Waals surface area contributed by atoms with Crippen LogP contribution in [0, 0.1) is 6.92 Å². The monoisotopic (exact) mass is 238 g/mol. The Kier molecular flexibility index (Phi) is 2.41. The van der Waals surface area contributed by atoms with E-state index >= 15 is 0 Å². The average Bonchev–Trinajstić information content (AvgIpc) is 2.84. The first-order valence-electron chi connectivity index (χ1n) is 5.56. The van der Waals surface area contributed by atoms with Gasteiger partial charge in [0.05, 0.1) is 0 Å². The van der Waals surface area contributed by atoms with Gasteiger partial charge >= 0.3 is 0 Å². The number of para-hydroxylation sites is 1. The number of aryl methyl sites for hydroxylation is 1. The van der Waals surface area contributed by atoms with Crippen LogP contribution in [0.25, 0.3) is 11.0 Å². The highest BCUT2D eigenvalue weighted by Crippen LogP contribution is 2.23. The molecule has 4 heteroatoms. The molecule has 3 rings (SSSR count). The Morgan fingerprint density at radius 3 is 2.67 bits per heavy atom. The van der Waals surface area contributed by atoms with Crippen molar-refractivity contribution < 1.29 is 9.21 Å². The van der Waals surface area contributed by atoms with Crippen LogP contribution >= 0.6 is 0 Å². The minimum atomic E-state index is -0.300. The van der Waals surface area contributed by atoms with Crippen LogP contribution in [0.1, 0.15) is 21.9 Å². The summed E-state index contributed by atoms with van der Waals surface area (Å²) < 4.78 is 5.59. The Morgan fingerprint density at radius 2 is 1.94 bits per heavy atom. The maximum Gasteiger partial charge on any atom is 0.265 e. The highest BCUT2D eigenvalue weighted by molar-refractivity contribution is 6.06. The molecule has 1 aromatic carbocycles. The lowest BCUT2D eigenvalue weighted by molar-refractivity contribution is 0.100. The molecule has 0 saturated heterocycles. The summed E-state index contributed by atoms with van der Waals surface area (Å²) in [6.45, 7) is 1.94.